The van der Waals surface area contributed by atoms with E-state index >= 15 is 0 Å². The van der Waals surface area contributed by atoms with Gasteiger partial charge in [-0.05, 0) is 77.7 Å². The Morgan fingerprint density at radius 3 is 2.68 bits per heavy atom. The zero-order valence-corrected chi connectivity index (χ0v) is 23.3. The Morgan fingerprint density at radius 2 is 1.87 bits per heavy atom. The first kappa shape index (κ1) is 27.3. The first-order chi connectivity index (χ1) is 18.3. The van der Waals surface area contributed by atoms with Crippen LogP contribution in [0.25, 0.3) is 0 Å². The summed E-state index contributed by atoms with van der Waals surface area (Å²) < 4.78 is 17.5. The van der Waals surface area contributed by atoms with Gasteiger partial charge in [-0.25, -0.2) is 4.79 Å². The van der Waals surface area contributed by atoms with Gasteiger partial charge in [0.05, 0.1) is 15.8 Å². The van der Waals surface area contributed by atoms with Gasteiger partial charge in [-0.3, -0.25) is 10.1 Å². The minimum Gasteiger partial charge on any atom is -0.506 e. The third-order valence-corrected chi connectivity index (χ3v) is 6.66. The molecule has 3 aromatic carbocycles. The van der Waals surface area contributed by atoms with Gasteiger partial charge in [0, 0.05) is 21.8 Å². The molecule has 0 aromatic heterocycles. The van der Waals surface area contributed by atoms with Gasteiger partial charge in [-0.2, -0.15) is 0 Å². The van der Waals surface area contributed by atoms with Crippen LogP contribution < -0.4 is 25.8 Å². The Balaban J connectivity index is 1.38. The molecule has 5 N–H and O–H groups in total. The molecule has 0 saturated carbocycles. The minimum atomic E-state index is -0.760. The van der Waals surface area contributed by atoms with E-state index < -0.39 is 12.2 Å². The van der Waals surface area contributed by atoms with E-state index in [1.54, 1.807) is 60.7 Å². The molecule has 4 rings (SSSR count). The standard InChI is InChI=1S/C27H25Br2N3O6/c28-16-12-18(26(34)19(29)13-16)22(38-27(35)31-17-10-11-23-24(14-17)37-15-36-23)8-2-1-3-9-25(33)32-21-7-5-4-6-20(21)30/h3-7,9-14,22,34H,1-2,8,15,30H2,(H,31,35)(H,32,33)/b9-3+/t22-/m0/s1. The van der Waals surface area contributed by atoms with Crippen molar-refractivity contribution in [1.29, 1.82) is 0 Å². The molecule has 1 aliphatic heterocycles. The number of phenols is 1. The molecule has 0 fully saturated rings. The number of aromatic hydroxyl groups is 1. The zero-order chi connectivity index (χ0) is 27.1. The van der Waals surface area contributed by atoms with Crippen LogP contribution in [-0.4, -0.2) is 23.9 Å². The molecule has 0 radical (unpaired) electrons. The lowest BCUT2D eigenvalue weighted by Gasteiger charge is -2.20. The van der Waals surface area contributed by atoms with Crippen molar-refractivity contribution >= 4 is 60.9 Å². The van der Waals surface area contributed by atoms with Crippen LogP contribution in [0, 0.1) is 0 Å². The summed E-state index contributed by atoms with van der Waals surface area (Å²) in [5, 5.41) is 16.1. The van der Waals surface area contributed by atoms with Crippen LogP contribution in [0.5, 0.6) is 17.2 Å². The summed E-state index contributed by atoms with van der Waals surface area (Å²) in [6.07, 6.45) is 3.21. The van der Waals surface area contributed by atoms with E-state index in [9.17, 15) is 14.7 Å². The van der Waals surface area contributed by atoms with Crippen molar-refractivity contribution in [2.75, 3.05) is 23.2 Å². The average molecular weight is 647 g/mol. The molecule has 1 aliphatic rings. The lowest BCUT2D eigenvalue weighted by molar-refractivity contribution is -0.111. The number of phenolic OH excluding ortho intramolecular Hbond substituents is 1. The number of halogens is 2. The molecule has 198 valence electrons. The molecule has 0 saturated heterocycles. The van der Waals surface area contributed by atoms with Gasteiger partial charge < -0.3 is 30.4 Å². The van der Waals surface area contributed by atoms with Crippen molar-refractivity contribution in [1.82, 2.24) is 0 Å². The number of ether oxygens (including phenoxy) is 3. The fraction of sp³-hybridized carbons (Fsp3) is 0.185. The quantitative estimate of drug-likeness (QED) is 0.113. The smallest absolute Gasteiger partial charge is 0.412 e. The molecule has 0 unspecified atom stereocenters. The van der Waals surface area contributed by atoms with Gasteiger partial charge in [0.1, 0.15) is 11.9 Å². The van der Waals surface area contributed by atoms with Gasteiger partial charge >= 0.3 is 6.09 Å². The van der Waals surface area contributed by atoms with Gasteiger partial charge in [-0.1, -0.05) is 34.1 Å². The Hall–Kier alpha value is -3.70. The number of carbonyl (C=O) groups is 2. The SMILES string of the molecule is Nc1ccccc1NC(=O)/C=C/CCC[C@H](OC(=O)Nc1ccc2c(c1)OCO2)c1cc(Br)cc(Br)c1O. The predicted molar refractivity (Wildman–Crippen MR) is 151 cm³/mol. The maximum absolute atomic E-state index is 12.8. The first-order valence-corrected chi connectivity index (χ1v) is 13.3. The number of benzene rings is 3. The highest BCUT2D eigenvalue weighted by Gasteiger charge is 2.23. The lowest BCUT2D eigenvalue weighted by atomic mass is 10.0. The summed E-state index contributed by atoms with van der Waals surface area (Å²) in [6, 6.07) is 15.4. The molecule has 11 heteroatoms. The number of carbonyl (C=O) groups excluding carboxylic acids is 2. The number of nitrogens with one attached hydrogen (secondary N) is 2. The highest BCUT2D eigenvalue weighted by atomic mass is 79.9. The molecular formula is C27H25Br2N3O6. The zero-order valence-electron chi connectivity index (χ0n) is 20.1. The van der Waals surface area contributed by atoms with Crippen LogP contribution in [-0.2, 0) is 9.53 Å². The summed E-state index contributed by atoms with van der Waals surface area (Å²) in [4.78, 5) is 25.0. The largest absolute Gasteiger partial charge is 0.506 e. The van der Waals surface area contributed by atoms with Crippen molar-refractivity contribution < 1.29 is 28.9 Å². The molecule has 0 spiro atoms. The molecule has 0 aliphatic carbocycles. The fourth-order valence-corrected chi connectivity index (χ4v) is 5.02. The minimum absolute atomic E-state index is 0.0237. The van der Waals surface area contributed by atoms with E-state index in [-0.39, 0.29) is 18.4 Å². The van der Waals surface area contributed by atoms with Crippen LogP contribution in [0.15, 0.2) is 75.7 Å². The van der Waals surface area contributed by atoms with Crippen LogP contribution in [0.2, 0.25) is 0 Å². The van der Waals surface area contributed by atoms with E-state index in [0.29, 0.717) is 62.3 Å². The third kappa shape index (κ3) is 7.20. The number of allylic oxidation sites excluding steroid dienone is 1. The summed E-state index contributed by atoms with van der Waals surface area (Å²) in [5.41, 5.74) is 7.79. The van der Waals surface area contributed by atoms with E-state index in [1.807, 2.05) is 0 Å². The maximum atomic E-state index is 12.8. The summed E-state index contributed by atoms with van der Waals surface area (Å²) in [7, 11) is 0. The van der Waals surface area contributed by atoms with Crippen molar-refractivity contribution in [3.63, 3.8) is 0 Å². The van der Waals surface area contributed by atoms with Crippen LogP contribution in [0.3, 0.4) is 0 Å². The van der Waals surface area contributed by atoms with E-state index in [1.165, 1.54) is 6.08 Å². The normalized spacial score (nSPS) is 12.8. The monoisotopic (exact) mass is 645 g/mol. The number of para-hydroxylation sites is 2. The number of fused-ring (bicyclic) bond motifs is 1. The number of hydrogen-bond donors (Lipinski definition) is 4. The number of anilines is 3. The summed E-state index contributed by atoms with van der Waals surface area (Å²) >= 11 is 6.75. The molecule has 0 bridgehead atoms. The first-order valence-electron chi connectivity index (χ1n) is 11.7. The Kier molecular flexibility index (Phi) is 9.14. The second-order valence-electron chi connectivity index (χ2n) is 8.32. The third-order valence-electron chi connectivity index (χ3n) is 5.60. The second-order valence-corrected chi connectivity index (χ2v) is 10.1. The lowest BCUT2D eigenvalue weighted by Crippen LogP contribution is -2.18. The predicted octanol–water partition coefficient (Wildman–Crippen LogP) is 6.88. The molecule has 1 heterocycles. The van der Waals surface area contributed by atoms with Gasteiger partial charge in [0.2, 0.25) is 12.7 Å². The highest BCUT2D eigenvalue weighted by Crippen LogP contribution is 2.39. The molecular weight excluding hydrogens is 622 g/mol. The van der Waals surface area contributed by atoms with Crippen LogP contribution in [0.4, 0.5) is 21.9 Å². The van der Waals surface area contributed by atoms with Gasteiger partial charge in [0.25, 0.3) is 0 Å². The van der Waals surface area contributed by atoms with Crippen LogP contribution in [0.1, 0.15) is 30.9 Å². The van der Waals surface area contributed by atoms with Crippen LogP contribution >= 0.6 is 31.9 Å². The average Bonchev–Trinajstić information content (AvgIpc) is 3.34. The van der Waals surface area contributed by atoms with Gasteiger partial charge in [0.15, 0.2) is 11.5 Å². The van der Waals surface area contributed by atoms with E-state index in [0.717, 1.165) is 0 Å². The molecule has 2 amide bonds. The van der Waals surface area contributed by atoms with Crippen molar-refractivity contribution in [2.45, 2.75) is 25.4 Å². The Morgan fingerprint density at radius 1 is 1.08 bits per heavy atom. The number of hydrogen-bond acceptors (Lipinski definition) is 7. The number of unbranched alkanes of at least 4 members (excludes halogenated alkanes) is 1. The summed E-state index contributed by atoms with van der Waals surface area (Å²) in [6.45, 7) is 0.124. The number of rotatable bonds is 9. The molecule has 1 atom stereocenters. The van der Waals surface area contributed by atoms with Crippen molar-refractivity contribution in [2.24, 2.45) is 0 Å². The number of nitrogen functional groups attached to an aromatic ring is 1. The number of amides is 2. The number of nitrogens with two attached hydrogens (primary N) is 1. The van der Waals surface area contributed by atoms with Crippen molar-refractivity contribution in [3.05, 3.63) is 81.3 Å². The Labute approximate surface area is 236 Å². The fourth-order valence-electron chi connectivity index (χ4n) is 3.76. The maximum Gasteiger partial charge on any atom is 0.412 e. The summed E-state index contributed by atoms with van der Waals surface area (Å²) in [5.74, 6) is 0.801. The van der Waals surface area contributed by atoms with Gasteiger partial charge in [-0.15, -0.1) is 0 Å². The molecule has 38 heavy (non-hydrogen) atoms. The topological polar surface area (TPSA) is 132 Å². The van der Waals surface area contributed by atoms with E-state index in [4.69, 9.17) is 19.9 Å². The second kappa shape index (κ2) is 12.7. The molecule has 3 aromatic rings. The Bertz CT molecular complexity index is 1360. The van der Waals surface area contributed by atoms with E-state index in [2.05, 4.69) is 42.5 Å². The van der Waals surface area contributed by atoms with Crippen molar-refractivity contribution in [3.8, 4) is 17.2 Å². The highest BCUT2D eigenvalue weighted by molar-refractivity contribution is 9.11. The molecule has 9 nitrogen and oxygen atoms in total.